The van der Waals surface area contributed by atoms with Crippen molar-refractivity contribution in [1.29, 1.82) is 0 Å². The molecule has 0 aliphatic carbocycles. The van der Waals surface area contributed by atoms with E-state index < -0.39 is 10.0 Å². The lowest BCUT2D eigenvalue weighted by Crippen LogP contribution is -2.39. The van der Waals surface area contributed by atoms with Crippen molar-refractivity contribution in [3.05, 3.63) is 65.5 Å². The van der Waals surface area contributed by atoms with E-state index >= 15 is 0 Å². The fraction of sp³-hybridized carbons (Fsp3) is 0.263. The van der Waals surface area contributed by atoms with Crippen molar-refractivity contribution in [3.8, 4) is 0 Å². The largest absolute Gasteiger partial charge is 0.467 e. The Morgan fingerprint density at radius 1 is 1.14 bits per heavy atom. The van der Waals surface area contributed by atoms with Crippen LogP contribution < -0.4 is 10.0 Å². The average molecular weight is 405 g/mol. The first kappa shape index (κ1) is 21.4. The molecule has 8 nitrogen and oxygen atoms in total. The van der Waals surface area contributed by atoms with Crippen molar-refractivity contribution in [1.82, 2.24) is 14.9 Å². The number of nitrogens with zero attached hydrogens (tertiary/aromatic N) is 1. The summed E-state index contributed by atoms with van der Waals surface area (Å²) in [6.07, 6.45) is 2.92. The van der Waals surface area contributed by atoms with Crippen LogP contribution in [0.25, 0.3) is 6.08 Å². The third kappa shape index (κ3) is 7.77. The Morgan fingerprint density at radius 3 is 2.57 bits per heavy atom. The number of hydrogen-bond donors (Lipinski definition) is 2. The maximum absolute atomic E-state index is 12.1. The monoisotopic (exact) mass is 405 g/mol. The van der Waals surface area contributed by atoms with Crippen LogP contribution in [0.4, 0.5) is 0 Å². The molecule has 0 unspecified atom stereocenters. The molecule has 2 amide bonds. The Morgan fingerprint density at radius 2 is 1.89 bits per heavy atom. The molecule has 0 aliphatic heterocycles. The number of carbonyl (C=O) groups excluding carboxylic acids is 2. The summed E-state index contributed by atoms with van der Waals surface area (Å²) in [4.78, 5) is 25.1. The number of furan rings is 1. The van der Waals surface area contributed by atoms with Gasteiger partial charge in [-0.2, -0.15) is 0 Å². The molecule has 2 aromatic rings. The van der Waals surface area contributed by atoms with Crippen LogP contribution in [0.3, 0.4) is 0 Å². The van der Waals surface area contributed by atoms with Gasteiger partial charge in [0.2, 0.25) is 21.8 Å². The van der Waals surface area contributed by atoms with Crippen LogP contribution >= 0.6 is 0 Å². The molecule has 0 radical (unpaired) electrons. The van der Waals surface area contributed by atoms with Crippen LogP contribution in [0.2, 0.25) is 0 Å². The van der Waals surface area contributed by atoms with Gasteiger partial charge in [0, 0.05) is 25.4 Å². The lowest BCUT2D eigenvalue weighted by atomic mass is 10.2. The van der Waals surface area contributed by atoms with Crippen molar-refractivity contribution in [2.24, 2.45) is 0 Å². The summed E-state index contributed by atoms with van der Waals surface area (Å²) >= 11 is 0. The second-order valence-corrected chi connectivity index (χ2v) is 7.66. The molecule has 9 heteroatoms. The van der Waals surface area contributed by atoms with Gasteiger partial charge in [0.15, 0.2) is 0 Å². The number of carbonyl (C=O) groups is 2. The molecule has 0 spiro atoms. The number of amides is 2. The van der Waals surface area contributed by atoms with Gasteiger partial charge in [-0.1, -0.05) is 30.3 Å². The standard InChI is InChI=1S/C19H23N3O5S/c1-22(15-18(23)20-14-17-8-5-12-27-17)19(24)9-11-21-28(25,26)13-10-16-6-3-2-4-7-16/h2-8,10,12-13,21H,9,11,14-15H2,1H3,(H,20,23)/b13-10+. The number of likely N-dealkylation sites (N-methyl/N-ethyl adjacent to an activating group) is 1. The molecule has 0 fully saturated rings. The minimum absolute atomic E-state index is 0.0552. The summed E-state index contributed by atoms with van der Waals surface area (Å²) in [5, 5.41) is 3.69. The molecule has 150 valence electrons. The summed E-state index contributed by atoms with van der Waals surface area (Å²) in [5.74, 6) is -0.0678. The normalized spacial score (nSPS) is 11.5. The van der Waals surface area contributed by atoms with Crippen molar-refractivity contribution in [2.45, 2.75) is 13.0 Å². The molecule has 2 rings (SSSR count). The molecule has 2 N–H and O–H groups in total. The Kier molecular flexibility index (Phi) is 7.97. The highest BCUT2D eigenvalue weighted by atomic mass is 32.2. The van der Waals surface area contributed by atoms with Crippen LogP contribution in [-0.4, -0.2) is 45.3 Å². The van der Waals surface area contributed by atoms with Crippen LogP contribution in [-0.2, 0) is 26.2 Å². The van der Waals surface area contributed by atoms with Crippen LogP contribution in [0.5, 0.6) is 0 Å². The van der Waals surface area contributed by atoms with E-state index in [1.54, 1.807) is 36.4 Å². The first-order chi connectivity index (χ1) is 13.4. The van der Waals surface area contributed by atoms with Gasteiger partial charge in [-0.15, -0.1) is 0 Å². The predicted molar refractivity (Wildman–Crippen MR) is 105 cm³/mol. The average Bonchev–Trinajstić information content (AvgIpc) is 3.19. The van der Waals surface area contributed by atoms with Crippen molar-refractivity contribution in [3.63, 3.8) is 0 Å². The van der Waals surface area contributed by atoms with Gasteiger partial charge in [0.1, 0.15) is 5.76 Å². The molecule has 0 atom stereocenters. The molecular formula is C19H23N3O5S. The molecule has 1 heterocycles. The highest BCUT2D eigenvalue weighted by Crippen LogP contribution is 2.03. The molecule has 0 saturated heterocycles. The summed E-state index contributed by atoms with van der Waals surface area (Å²) in [7, 11) is -2.16. The molecule has 1 aromatic heterocycles. The Labute approximate surface area is 164 Å². The molecule has 0 aliphatic rings. The maximum atomic E-state index is 12.1. The summed E-state index contributed by atoms with van der Waals surface area (Å²) in [5.41, 5.74) is 0.754. The van der Waals surface area contributed by atoms with Crippen molar-refractivity contribution in [2.75, 3.05) is 20.1 Å². The Hall–Kier alpha value is -2.91. The molecule has 0 saturated carbocycles. The summed E-state index contributed by atoms with van der Waals surface area (Å²) in [6, 6.07) is 12.4. The van der Waals surface area contributed by atoms with E-state index in [0.29, 0.717) is 5.76 Å². The highest BCUT2D eigenvalue weighted by molar-refractivity contribution is 7.92. The maximum Gasteiger partial charge on any atom is 0.239 e. The van der Waals surface area contributed by atoms with E-state index in [1.165, 1.54) is 24.3 Å². The number of hydrogen-bond acceptors (Lipinski definition) is 5. The van der Waals surface area contributed by atoms with Crippen molar-refractivity contribution < 1.29 is 22.4 Å². The second-order valence-electron chi connectivity index (χ2n) is 6.01. The molecule has 28 heavy (non-hydrogen) atoms. The minimum atomic E-state index is -3.65. The van der Waals surface area contributed by atoms with Crippen LogP contribution in [0.15, 0.2) is 58.6 Å². The second kappa shape index (κ2) is 10.4. The third-order valence-corrected chi connectivity index (χ3v) is 4.83. The van der Waals surface area contributed by atoms with Gasteiger partial charge in [-0.3, -0.25) is 9.59 Å². The van der Waals surface area contributed by atoms with Crippen molar-refractivity contribution >= 4 is 27.9 Å². The Balaban J connectivity index is 1.70. The van der Waals surface area contributed by atoms with Gasteiger partial charge in [-0.05, 0) is 23.8 Å². The van der Waals surface area contributed by atoms with E-state index in [-0.39, 0.29) is 37.9 Å². The van der Waals surface area contributed by atoms with Gasteiger partial charge in [-0.25, -0.2) is 13.1 Å². The van der Waals surface area contributed by atoms with Crippen LogP contribution in [0, 0.1) is 0 Å². The van der Waals surface area contributed by atoms with Gasteiger partial charge in [0.05, 0.1) is 19.4 Å². The number of benzene rings is 1. The van der Waals surface area contributed by atoms with E-state index in [0.717, 1.165) is 11.0 Å². The van der Waals surface area contributed by atoms with E-state index in [9.17, 15) is 18.0 Å². The zero-order valence-corrected chi connectivity index (χ0v) is 16.3. The molecule has 1 aromatic carbocycles. The van der Waals surface area contributed by atoms with Gasteiger partial charge >= 0.3 is 0 Å². The zero-order valence-electron chi connectivity index (χ0n) is 15.5. The lowest BCUT2D eigenvalue weighted by Gasteiger charge is -2.16. The van der Waals surface area contributed by atoms with Crippen LogP contribution in [0.1, 0.15) is 17.7 Å². The van der Waals surface area contributed by atoms with E-state index in [4.69, 9.17) is 4.42 Å². The number of nitrogens with one attached hydrogen (secondary N) is 2. The van der Waals surface area contributed by atoms with E-state index in [2.05, 4.69) is 10.0 Å². The molecule has 0 bridgehead atoms. The lowest BCUT2D eigenvalue weighted by molar-refractivity contribution is -0.134. The summed E-state index contributed by atoms with van der Waals surface area (Å²) < 4.78 is 31.3. The highest BCUT2D eigenvalue weighted by Gasteiger charge is 2.14. The SMILES string of the molecule is CN(CC(=O)NCc1ccco1)C(=O)CCNS(=O)(=O)/C=C/c1ccccc1. The quantitative estimate of drug-likeness (QED) is 0.620. The zero-order chi connectivity index (χ0) is 20.4. The minimum Gasteiger partial charge on any atom is -0.467 e. The predicted octanol–water partition coefficient (Wildman–Crippen LogP) is 1.33. The fourth-order valence-corrected chi connectivity index (χ4v) is 3.05. The fourth-order valence-electron chi connectivity index (χ4n) is 2.23. The first-order valence-electron chi connectivity index (χ1n) is 8.61. The first-order valence-corrected chi connectivity index (χ1v) is 10.2. The van der Waals surface area contributed by atoms with Gasteiger partial charge in [0.25, 0.3) is 0 Å². The molecular weight excluding hydrogens is 382 g/mol. The topological polar surface area (TPSA) is 109 Å². The number of rotatable bonds is 10. The van der Waals surface area contributed by atoms with Gasteiger partial charge < -0.3 is 14.6 Å². The number of sulfonamides is 1. The summed E-state index contributed by atoms with van der Waals surface area (Å²) in [6.45, 7) is 0.0558. The Bertz CT molecular complexity index is 893. The third-order valence-electron chi connectivity index (χ3n) is 3.73. The smallest absolute Gasteiger partial charge is 0.239 e. The van der Waals surface area contributed by atoms with E-state index in [1.807, 2.05) is 6.07 Å².